The highest BCUT2D eigenvalue weighted by Gasteiger charge is 2.27. The summed E-state index contributed by atoms with van der Waals surface area (Å²) in [6.07, 6.45) is 2.00. The van der Waals surface area contributed by atoms with Gasteiger partial charge in [0.05, 0.1) is 24.2 Å². The molecule has 0 aliphatic rings. The van der Waals surface area contributed by atoms with Crippen molar-refractivity contribution in [3.63, 3.8) is 0 Å². The molecule has 0 saturated carbocycles. The minimum Gasteiger partial charge on any atom is -0.494 e. The highest BCUT2D eigenvalue weighted by Crippen LogP contribution is 2.26. The molecule has 3 rings (SSSR count). The van der Waals surface area contributed by atoms with Gasteiger partial charge in [0.25, 0.3) is 10.0 Å². The summed E-state index contributed by atoms with van der Waals surface area (Å²) in [5.41, 5.74) is 1.56. The van der Waals surface area contributed by atoms with Gasteiger partial charge in [-0.2, -0.15) is 0 Å². The molecule has 0 fully saturated rings. The van der Waals surface area contributed by atoms with Crippen molar-refractivity contribution in [2.24, 2.45) is 0 Å². The molecule has 36 heavy (non-hydrogen) atoms. The zero-order chi connectivity index (χ0) is 26.3. The van der Waals surface area contributed by atoms with Crippen LogP contribution >= 0.6 is 0 Å². The number of nitrogens with one attached hydrogen (secondary N) is 1. The molecule has 1 aromatic heterocycles. The molecule has 1 heterocycles. The molecule has 0 bridgehead atoms. The number of nitrogens with zero attached hydrogens (tertiary/aromatic N) is 4. The molecule has 0 saturated heterocycles. The Balaban J connectivity index is 1.76. The van der Waals surface area contributed by atoms with Crippen LogP contribution in [-0.2, 0) is 19.7 Å². The number of halogens is 1. The maximum Gasteiger partial charge on any atom is 0.323 e. The van der Waals surface area contributed by atoms with E-state index in [9.17, 15) is 17.6 Å². The number of hydroxylamine groups is 1. The van der Waals surface area contributed by atoms with Crippen molar-refractivity contribution in [1.29, 1.82) is 0 Å². The third-order valence-electron chi connectivity index (χ3n) is 4.96. The van der Waals surface area contributed by atoms with Gasteiger partial charge in [-0.05, 0) is 80.1 Å². The number of carbonyl (C=O) groups excluding carboxylic acids is 1. The highest BCUT2D eigenvalue weighted by molar-refractivity contribution is 7.89. The Hall–Kier alpha value is -3.61. The van der Waals surface area contributed by atoms with Gasteiger partial charge < -0.3 is 19.8 Å². The third-order valence-corrected chi connectivity index (χ3v) is 6.62. The third kappa shape index (κ3) is 6.97. The Labute approximate surface area is 209 Å². The van der Waals surface area contributed by atoms with Crippen LogP contribution in [0.4, 0.5) is 16.0 Å². The standard InChI is InChI=1S/C24H28FN5O5S/c1-17(31)35-30(15-5-14-29(2)3)36(32,33)20-9-7-19(8-10-20)27-24-26-13-12-22(28-24)18-6-11-23(34-4)21(25)16-18/h6-13,16H,5,14-15H2,1-4H3,(H,26,27,28). The Bertz CT molecular complexity index is 1300. The topological polar surface area (TPSA) is 114 Å². The van der Waals surface area contributed by atoms with Crippen molar-refractivity contribution in [2.75, 3.05) is 39.6 Å². The summed E-state index contributed by atoms with van der Waals surface area (Å²) in [6, 6.07) is 12.0. The highest BCUT2D eigenvalue weighted by atomic mass is 32.2. The van der Waals surface area contributed by atoms with E-state index in [4.69, 9.17) is 9.57 Å². The fraction of sp³-hybridized carbons (Fsp3) is 0.292. The molecule has 0 spiro atoms. The SMILES string of the molecule is COc1ccc(-c2ccnc(Nc3ccc(S(=O)(=O)N(CCCN(C)C)OC(C)=O)cc3)n2)cc1F. The van der Waals surface area contributed by atoms with Crippen molar-refractivity contribution < 1.29 is 27.2 Å². The molecule has 1 N–H and O–H groups in total. The normalized spacial score (nSPS) is 11.5. The first-order chi connectivity index (χ1) is 17.1. The van der Waals surface area contributed by atoms with Crippen molar-refractivity contribution in [1.82, 2.24) is 19.3 Å². The van der Waals surface area contributed by atoms with E-state index in [0.717, 1.165) is 6.92 Å². The molecule has 0 aliphatic heterocycles. The molecule has 0 unspecified atom stereocenters. The van der Waals surface area contributed by atoms with Crippen LogP contribution in [0.5, 0.6) is 5.75 Å². The Kier molecular flexibility index (Phi) is 8.91. The molecule has 192 valence electrons. The van der Waals surface area contributed by atoms with Gasteiger partial charge in [-0.25, -0.2) is 22.8 Å². The quantitative estimate of drug-likeness (QED) is 0.382. The maximum absolute atomic E-state index is 14.1. The van der Waals surface area contributed by atoms with Gasteiger partial charge in [0, 0.05) is 24.4 Å². The summed E-state index contributed by atoms with van der Waals surface area (Å²) in [6.45, 7) is 1.79. The van der Waals surface area contributed by atoms with Crippen LogP contribution in [0.2, 0.25) is 0 Å². The molecular formula is C24H28FN5O5S. The summed E-state index contributed by atoms with van der Waals surface area (Å²) in [5, 5.41) is 3.00. The molecule has 10 nitrogen and oxygen atoms in total. The van der Waals surface area contributed by atoms with Gasteiger partial charge >= 0.3 is 5.97 Å². The number of ether oxygens (including phenoxy) is 1. The van der Waals surface area contributed by atoms with Gasteiger partial charge in [0.2, 0.25) is 5.95 Å². The van der Waals surface area contributed by atoms with Crippen LogP contribution in [-0.4, -0.2) is 68.0 Å². The van der Waals surface area contributed by atoms with Crippen molar-refractivity contribution >= 4 is 27.6 Å². The second kappa shape index (κ2) is 11.9. The average Bonchev–Trinajstić information content (AvgIpc) is 2.83. The first kappa shape index (κ1) is 27.0. The van der Waals surface area contributed by atoms with E-state index in [1.165, 1.54) is 37.6 Å². The van der Waals surface area contributed by atoms with Gasteiger partial charge in [-0.1, -0.05) is 0 Å². The number of rotatable bonds is 11. The molecular weight excluding hydrogens is 489 g/mol. The summed E-state index contributed by atoms with van der Waals surface area (Å²) in [7, 11) is 1.05. The lowest BCUT2D eigenvalue weighted by atomic mass is 10.1. The monoisotopic (exact) mass is 517 g/mol. The molecule has 0 aliphatic carbocycles. The van der Waals surface area contributed by atoms with Crippen LogP contribution in [0.3, 0.4) is 0 Å². The summed E-state index contributed by atoms with van der Waals surface area (Å²) in [5.74, 6) is -0.865. The van der Waals surface area contributed by atoms with E-state index in [0.29, 0.717) is 34.4 Å². The van der Waals surface area contributed by atoms with Gasteiger partial charge in [-0.15, -0.1) is 0 Å². The van der Waals surface area contributed by atoms with Gasteiger partial charge in [0.15, 0.2) is 11.6 Å². The molecule has 2 aromatic carbocycles. The smallest absolute Gasteiger partial charge is 0.323 e. The van der Waals surface area contributed by atoms with E-state index in [1.807, 2.05) is 19.0 Å². The summed E-state index contributed by atoms with van der Waals surface area (Å²) >= 11 is 0. The fourth-order valence-corrected chi connectivity index (χ4v) is 4.52. The van der Waals surface area contributed by atoms with Gasteiger partial charge in [-0.3, -0.25) is 4.79 Å². The predicted molar refractivity (Wildman–Crippen MR) is 133 cm³/mol. The molecule has 0 radical (unpaired) electrons. The van der Waals surface area contributed by atoms with Crippen LogP contribution in [0.15, 0.2) is 59.6 Å². The molecule has 12 heteroatoms. The van der Waals surface area contributed by atoms with E-state index in [2.05, 4.69) is 15.3 Å². The molecule has 3 aromatic rings. The Morgan fingerprint density at radius 2 is 1.81 bits per heavy atom. The molecule has 0 amide bonds. The second-order valence-electron chi connectivity index (χ2n) is 8.04. The zero-order valence-electron chi connectivity index (χ0n) is 20.4. The van der Waals surface area contributed by atoms with Crippen LogP contribution in [0.25, 0.3) is 11.3 Å². The predicted octanol–water partition coefficient (Wildman–Crippen LogP) is 3.46. The lowest BCUT2D eigenvalue weighted by Crippen LogP contribution is -2.35. The number of methoxy groups -OCH3 is 1. The lowest BCUT2D eigenvalue weighted by molar-refractivity contribution is -0.166. The first-order valence-electron chi connectivity index (χ1n) is 11.0. The fourth-order valence-electron chi connectivity index (χ4n) is 3.24. The number of aromatic nitrogens is 2. The first-order valence-corrected chi connectivity index (χ1v) is 12.4. The van der Waals surface area contributed by atoms with Crippen molar-refractivity contribution in [3.05, 3.63) is 60.5 Å². The molecule has 0 atom stereocenters. The number of sulfonamides is 1. The van der Waals surface area contributed by atoms with Crippen LogP contribution in [0, 0.1) is 5.82 Å². The maximum atomic E-state index is 14.1. The summed E-state index contributed by atoms with van der Waals surface area (Å²) < 4.78 is 45.8. The average molecular weight is 518 g/mol. The number of hydrogen-bond acceptors (Lipinski definition) is 9. The van der Waals surface area contributed by atoms with Crippen LogP contribution < -0.4 is 10.1 Å². The second-order valence-corrected chi connectivity index (χ2v) is 9.86. The Morgan fingerprint density at radius 3 is 2.42 bits per heavy atom. The zero-order valence-corrected chi connectivity index (χ0v) is 21.3. The van der Waals surface area contributed by atoms with E-state index in [1.54, 1.807) is 24.3 Å². The van der Waals surface area contributed by atoms with Crippen LogP contribution in [0.1, 0.15) is 13.3 Å². The largest absolute Gasteiger partial charge is 0.494 e. The minimum absolute atomic E-state index is 0.0205. The lowest BCUT2D eigenvalue weighted by Gasteiger charge is -2.21. The van der Waals surface area contributed by atoms with Crippen molar-refractivity contribution in [3.8, 4) is 17.0 Å². The number of anilines is 2. The number of carbonyl (C=O) groups is 1. The van der Waals surface area contributed by atoms with E-state index in [-0.39, 0.29) is 23.1 Å². The minimum atomic E-state index is -4.07. The van der Waals surface area contributed by atoms with E-state index >= 15 is 0 Å². The summed E-state index contributed by atoms with van der Waals surface area (Å²) in [4.78, 5) is 26.9. The van der Waals surface area contributed by atoms with E-state index < -0.39 is 21.8 Å². The van der Waals surface area contributed by atoms with Gasteiger partial charge in [0.1, 0.15) is 0 Å². The van der Waals surface area contributed by atoms with Crippen molar-refractivity contribution in [2.45, 2.75) is 18.2 Å². The number of hydrogen-bond donors (Lipinski definition) is 1. The number of benzene rings is 2. The Morgan fingerprint density at radius 1 is 1.08 bits per heavy atom.